The molecule has 1 aromatic heterocycles. The van der Waals surface area contributed by atoms with Crippen LogP contribution in [0.15, 0.2) is 42.7 Å². The second-order valence-corrected chi connectivity index (χ2v) is 6.59. The molecular formula is C19H23ClN4O2. The highest BCUT2D eigenvalue weighted by atomic mass is 35.5. The summed E-state index contributed by atoms with van der Waals surface area (Å²) in [7, 11) is 3.87. The maximum Gasteiger partial charge on any atom is 0.252 e. The molecule has 0 aliphatic heterocycles. The molecule has 138 valence electrons. The number of likely N-dealkylation sites (N-methyl/N-ethyl adjacent to an activating group) is 1. The quantitative estimate of drug-likeness (QED) is 0.741. The van der Waals surface area contributed by atoms with E-state index < -0.39 is 0 Å². The number of amides is 2. The molecule has 0 bridgehead atoms. The highest BCUT2D eigenvalue weighted by Gasteiger charge is 2.11. The summed E-state index contributed by atoms with van der Waals surface area (Å²) in [6.07, 6.45) is 3.57. The van der Waals surface area contributed by atoms with E-state index in [0.717, 1.165) is 12.1 Å². The molecule has 1 heterocycles. The number of benzene rings is 1. The summed E-state index contributed by atoms with van der Waals surface area (Å²) in [4.78, 5) is 30.4. The van der Waals surface area contributed by atoms with Gasteiger partial charge in [-0.3, -0.25) is 14.6 Å². The summed E-state index contributed by atoms with van der Waals surface area (Å²) < 4.78 is 0. The van der Waals surface area contributed by atoms with Crippen LogP contribution >= 0.6 is 11.6 Å². The highest BCUT2D eigenvalue weighted by Crippen LogP contribution is 2.10. The van der Waals surface area contributed by atoms with Gasteiger partial charge < -0.3 is 15.5 Å². The van der Waals surface area contributed by atoms with Gasteiger partial charge in [0.1, 0.15) is 0 Å². The van der Waals surface area contributed by atoms with Crippen molar-refractivity contribution in [1.29, 1.82) is 0 Å². The Labute approximate surface area is 158 Å². The molecule has 0 aliphatic carbocycles. The Kier molecular flexibility index (Phi) is 7.56. The number of hydrogen-bond donors (Lipinski definition) is 2. The molecule has 0 fully saturated rings. The van der Waals surface area contributed by atoms with Gasteiger partial charge in [-0.15, -0.1) is 0 Å². The average Bonchev–Trinajstić information content (AvgIpc) is 2.61. The summed E-state index contributed by atoms with van der Waals surface area (Å²) in [5, 5.41) is 6.30. The topological polar surface area (TPSA) is 74.3 Å². The Morgan fingerprint density at radius 3 is 2.31 bits per heavy atom. The van der Waals surface area contributed by atoms with Gasteiger partial charge in [0.15, 0.2) is 0 Å². The molecule has 6 nitrogen and oxygen atoms in total. The summed E-state index contributed by atoms with van der Waals surface area (Å²) in [5.41, 5.74) is 1.77. The molecule has 26 heavy (non-hydrogen) atoms. The Bertz CT molecular complexity index is 765. The lowest BCUT2D eigenvalue weighted by molar-refractivity contribution is 0.0950. The molecule has 0 unspecified atom stereocenters. The summed E-state index contributed by atoms with van der Waals surface area (Å²) in [6, 6.07) is 9.06. The van der Waals surface area contributed by atoms with Crippen molar-refractivity contribution in [3.8, 4) is 0 Å². The van der Waals surface area contributed by atoms with Gasteiger partial charge in [-0.05, 0) is 44.3 Å². The van der Waals surface area contributed by atoms with E-state index in [1.807, 2.05) is 43.3 Å². The van der Waals surface area contributed by atoms with Crippen LogP contribution in [0.4, 0.5) is 0 Å². The van der Waals surface area contributed by atoms with Gasteiger partial charge in [0.2, 0.25) is 0 Å². The smallest absolute Gasteiger partial charge is 0.252 e. The van der Waals surface area contributed by atoms with Crippen molar-refractivity contribution >= 4 is 23.4 Å². The number of nitrogens with one attached hydrogen (secondary N) is 2. The SMILES string of the molecule is CN(C)CCNC(=O)c1cncc(C(=O)NCCc2cccc(Cl)c2)c1. The molecule has 1 aromatic carbocycles. The summed E-state index contributed by atoms with van der Waals surface area (Å²) in [6.45, 7) is 1.74. The Morgan fingerprint density at radius 1 is 1.04 bits per heavy atom. The molecule has 0 aliphatic rings. The number of hydrogen-bond acceptors (Lipinski definition) is 4. The molecule has 7 heteroatoms. The predicted molar refractivity (Wildman–Crippen MR) is 103 cm³/mol. The van der Waals surface area contributed by atoms with Gasteiger partial charge in [0.05, 0.1) is 11.1 Å². The van der Waals surface area contributed by atoms with E-state index in [9.17, 15) is 9.59 Å². The zero-order chi connectivity index (χ0) is 18.9. The number of nitrogens with zero attached hydrogens (tertiary/aromatic N) is 2. The van der Waals surface area contributed by atoms with Crippen molar-refractivity contribution in [2.24, 2.45) is 0 Å². The number of pyridine rings is 1. The first-order valence-corrected chi connectivity index (χ1v) is 8.74. The van der Waals surface area contributed by atoms with Crippen LogP contribution in [-0.2, 0) is 6.42 Å². The fraction of sp³-hybridized carbons (Fsp3) is 0.316. The first-order valence-electron chi connectivity index (χ1n) is 8.36. The number of aromatic nitrogens is 1. The second kappa shape index (κ2) is 9.89. The Balaban J connectivity index is 1.87. The van der Waals surface area contributed by atoms with Crippen molar-refractivity contribution in [3.63, 3.8) is 0 Å². The molecule has 0 atom stereocenters. The largest absolute Gasteiger partial charge is 0.352 e. The van der Waals surface area contributed by atoms with Crippen LogP contribution in [0, 0.1) is 0 Å². The number of carbonyl (C=O) groups is 2. The van der Waals surface area contributed by atoms with Crippen LogP contribution in [0.5, 0.6) is 0 Å². The highest BCUT2D eigenvalue weighted by molar-refractivity contribution is 6.30. The van der Waals surface area contributed by atoms with Crippen LogP contribution < -0.4 is 10.6 Å². The Hall–Kier alpha value is -2.44. The molecule has 2 N–H and O–H groups in total. The zero-order valence-corrected chi connectivity index (χ0v) is 15.7. The number of halogens is 1. The van der Waals surface area contributed by atoms with E-state index >= 15 is 0 Å². The Morgan fingerprint density at radius 2 is 1.69 bits per heavy atom. The summed E-state index contributed by atoms with van der Waals surface area (Å²) >= 11 is 5.95. The van der Waals surface area contributed by atoms with E-state index in [1.54, 1.807) is 6.07 Å². The van der Waals surface area contributed by atoms with E-state index in [4.69, 9.17) is 11.6 Å². The normalized spacial score (nSPS) is 10.6. The number of rotatable bonds is 8. The maximum absolute atomic E-state index is 12.3. The van der Waals surface area contributed by atoms with Gasteiger partial charge in [-0.2, -0.15) is 0 Å². The van der Waals surface area contributed by atoms with Gasteiger partial charge in [0, 0.05) is 37.1 Å². The van der Waals surface area contributed by atoms with E-state index in [-0.39, 0.29) is 11.8 Å². The van der Waals surface area contributed by atoms with Gasteiger partial charge in [-0.25, -0.2) is 0 Å². The lowest BCUT2D eigenvalue weighted by atomic mass is 10.1. The third kappa shape index (κ3) is 6.46. The van der Waals surface area contributed by atoms with Crippen LogP contribution in [0.2, 0.25) is 5.02 Å². The monoisotopic (exact) mass is 374 g/mol. The van der Waals surface area contributed by atoms with Crippen LogP contribution in [0.3, 0.4) is 0 Å². The predicted octanol–water partition coefficient (Wildman–Crippen LogP) is 2.00. The standard InChI is InChI=1S/C19H23ClN4O2/c1-24(2)9-8-23-19(26)16-11-15(12-21-13-16)18(25)22-7-6-14-4-3-5-17(20)10-14/h3-5,10-13H,6-9H2,1-2H3,(H,22,25)(H,23,26). The molecule has 0 saturated heterocycles. The first kappa shape index (κ1) is 19.9. The van der Waals surface area contributed by atoms with Gasteiger partial charge in [-0.1, -0.05) is 23.7 Å². The second-order valence-electron chi connectivity index (χ2n) is 6.16. The fourth-order valence-corrected chi connectivity index (χ4v) is 2.51. The summed E-state index contributed by atoms with van der Waals surface area (Å²) in [5.74, 6) is -0.504. The molecule has 2 amide bonds. The van der Waals surface area contributed by atoms with Gasteiger partial charge in [0.25, 0.3) is 11.8 Å². The van der Waals surface area contributed by atoms with E-state index in [1.165, 1.54) is 12.4 Å². The average molecular weight is 375 g/mol. The molecule has 0 saturated carbocycles. The lowest BCUT2D eigenvalue weighted by Gasteiger charge is -2.11. The van der Waals surface area contributed by atoms with Crippen molar-refractivity contribution in [2.75, 3.05) is 33.7 Å². The first-order chi connectivity index (χ1) is 12.5. The molecule has 0 radical (unpaired) electrons. The minimum absolute atomic E-state index is 0.243. The van der Waals surface area contributed by atoms with Crippen molar-refractivity contribution < 1.29 is 9.59 Å². The van der Waals surface area contributed by atoms with Crippen LogP contribution in [0.1, 0.15) is 26.3 Å². The fourth-order valence-electron chi connectivity index (χ4n) is 2.30. The maximum atomic E-state index is 12.3. The molecule has 0 spiro atoms. The van der Waals surface area contributed by atoms with Crippen LogP contribution in [0.25, 0.3) is 0 Å². The molecule has 2 rings (SSSR count). The minimum atomic E-state index is -0.262. The van der Waals surface area contributed by atoms with E-state index in [2.05, 4.69) is 15.6 Å². The van der Waals surface area contributed by atoms with Gasteiger partial charge >= 0.3 is 0 Å². The van der Waals surface area contributed by atoms with Crippen molar-refractivity contribution in [3.05, 3.63) is 64.4 Å². The van der Waals surface area contributed by atoms with Crippen molar-refractivity contribution in [2.45, 2.75) is 6.42 Å². The third-order valence-corrected chi connectivity index (χ3v) is 3.93. The van der Waals surface area contributed by atoms with Crippen molar-refractivity contribution in [1.82, 2.24) is 20.5 Å². The third-order valence-electron chi connectivity index (χ3n) is 3.70. The minimum Gasteiger partial charge on any atom is -0.352 e. The number of carbonyl (C=O) groups excluding carboxylic acids is 2. The molecule has 2 aromatic rings. The van der Waals surface area contributed by atoms with E-state index in [0.29, 0.717) is 35.7 Å². The lowest BCUT2D eigenvalue weighted by Crippen LogP contribution is -2.31. The zero-order valence-electron chi connectivity index (χ0n) is 15.0. The van der Waals surface area contributed by atoms with Crippen LogP contribution in [-0.4, -0.2) is 55.4 Å². The molecular weight excluding hydrogens is 352 g/mol.